The maximum Gasteiger partial charge on any atom is 0.303 e. The Morgan fingerprint density at radius 3 is 2.91 bits per heavy atom. The molecule has 32 heavy (non-hydrogen) atoms. The van der Waals surface area contributed by atoms with E-state index in [9.17, 15) is 14.7 Å². The lowest BCUT2D eigenvalue weighted by molar-refractivity contribution is -0.916. The van der Waals surface area contributed by atoms with Gasteiger partial charge in [0.2, 0.25) is 0 Å². The first-order valence-electron chi connectivity index (χ1n) is 11.9. The predicted octanol–water partition coefficient (Wildman–Crippen LogP) is -0.250. The number of para-hydroxylation sites is 1. The average Bonchev–Trinajstić information content (AvgIpc) is 3.25. The van der Waals surface area contributed by atoms with E-state index in [0.29, 0.717) is 17.6 Å². The van der Waals surface area contributed by atoms with Crippen molar-refractivity contribution in [3.05, 3.63) is 41.5 Å². The number of hydrogen-bond donors (Lipinski definition) is 2. The summed E-state index contributed by atoms with van der Waals surface area (Å²) in [6.07, 6.45) is 6.18. The van der Waals surface area contributed by atoms with E-state index in [1.807, 2.05) is 4.90 Å². The molecule has 0 radical (unpaired) electrons. The largest absolute Gasteiger partial charge is 0.550 e. The average molecular weight is 439 g/mol. The van der Waals surface area contributed by atoms with Crippen LogP contribution in [0.3, 0.4) is 0 Å². The zero-order valence-corrected chi connectivity index (χ0v) is 18.2. The number of carboxylic acids is 2. The summed E-state index contributed by atoms with van der Waals surface area (Å²) in [5.74, 6) is -0.933. The van der Waals surface area contributed by atoms with Gasteiger partial charge in [-0.1, -0.05) is 24.3 Å². The van der Waals surface area contributed by atoms with Crippen LogP contribution in [0.15, 0.2) is 35.9 Å². The Hall–Kier alpha value is -2.38. The van der Waals surface area contributed by atoms with Crippen molar-refractivity contribution >= 4 is 17.6 Å². The van der Waals surface area contributed by atoms with Crippen molar-refractivity contribution in [2.24, 2.45) is 11.8 Å². The van der Waals surface area contributed by atoms with Crippen LogP contribution in [0.2, 0.25) is 0 Å². The third-order valence-corrected chi connectivity index (χ3v) is 9.06. The first-order valence-corrected chi connectivity index (χ1v) is 11.9. The monoisotopic (exact) mass is 438 g/mol. The van der Waals surface area contributed by atoms with Gasteiger partial charge in [-0.15, -0.1) is 0 Å². The molecule has 170 valence electrons. The van der Waals surface area contributed by atoms with Crippen LogP contribution >= 0.6 is 0 Å². The number of hydrogen-bond acceptors (Lipinski definition) is 5. The standard InChI is InChI=1S/C21H24N2O.C4H6O4/c1-2-4-16-15(3-1)21-7-9-22-12-13-6-10-24-17-5-8-23(16)20(21)19(17)14(13)11-18(21)22;5-3(6)1-2-4(7)8/h1-4,6,14,17-20H,5,7-12H2;1-2H2,(H,5,6)(H,7,8)/t14-,17-,18-,19-,20-,21+;/m0./s1. The van der Waals surface area contributed by atoms with Crippen LogP contribution in [-0.2, 0) is 19.7 Å². The van der Waals surface area contributed by atoms with Crippen molar-refractivity contribution in [2.45, 2.75) is 55.7 Å². The predicted molar refractivity (Wildman–Crippen MR) is 114 cm³/mol. The van der Waals surface area contributed by atoms with Crippen LogP contribution in [0.1, 0.15) is 37.7 Å². The summed E-state index contributed by atoms with van der Waals surface area (Å²) in [7, 11) is 0. The van der Waals surface area contributed by atoms with Gasteiger partial charge >= 0.3 is 5.97 Å². The van der Waals surface area contributed by atoms with Crippen molar-refractivity contribution in [3.63, 3.8) is 0 Å². The van der Waals surface area contributed by atoms with E-state index in [1.54, 1.807) is 16.8 Å². The number of fused-ring (bicyclic) bond motifs is 2. The Morgan fingerprint density at radius 2 is 2.12 bits per heavy atom. The Labute approximate surface area is 187 Å². The van der Waals surface area contributed by atoms with E-state index in [2.05, 4.69) is 35.2 Å². The van der Waals surface area contributed by atoms with E-state index in [0.717, 1.165) is 24.5 Å². The molecule has 1 aliphatic carbocycles. The van der Waals surface area contributed by atoms with E-state index in [4.69, 9.17) is 9.84 Å². The van der Waals surface area contributed by atoms with Crippen LogP contribution in [-0.4, -0.2) is 61.5 Å². The zero-order valence-electron chi connectivity index (χ0n) is 18.2. The number of piperidine rings is 2. The fourth-order valence-corrected chi connectivity index (χ4v) is 8.11. The quantitative estimate of drug-likeness (QED) is 0.632. The number of carboxylic acid groups (broad SMARTS) is 2. The first-order chi connectivity index (χ1) is 15.5. The molecule has 2 bridgehead atoms. The summed E-state index contributed by atoms with van der Waals surface area (Å²) in [4.78, 5) is 23.8. The van der Waals surface area contributed by atoms with E-state index < -0.39 is 18.4 Å². The number of carbonyl (C=O) groups is 2. The fourth-order valence-electron chi connectivity index (χ4n) is 8.11. The second-order valence-electron chi connectivity index (χ2n) is 10.2. The second-order valence-corrected chi connectivity index (χ2v) is 10.2. The number of aliphatic carboxylic acids is 2. The number of rotatable bonds is 3. The maximum atomic E-state index is 9.61. The van der Waals surface area contributed by atoms with Crippen LogP contribution < -0.4 is 14.9 Å². The number of quaternary nitrogens is 1. The van der Waals surface area contributed by atoms with Gasteiger partial charge in [-0.2, -0.15) is 0 Å². The van der Waals surface area contributed by atoms with Crippen molar-refractivity contribution < 1.29 is 29.4 Å². The van der Waals surface area contributed by atoms with Gasteiger partial charge in [0.05, 0.1) is 43.7 Å². The lowest BCUT2D eigenvalue weighted by Gasteiger charge is -2.57. The van der Waals surface area contributed by atoms with Gasteiger partial charge in [0.25, 0.3) is 0 Å². The topological polar surface area (TPSA) is 94.3 Å². The van der Waals surface area contributed by atoms with Crippen molar-refractivity contribution in [2.75, 3.05) is 31.1 Å². The molecule has 7 nitrogen and oxygen atoms in total. The summed E-state index contributed by atoms with van der Waals surface area (Å²) in [5, 5.41) is 17.4. The van der Waals surface area contributed by atoms with Crippen molar-refractivity contribution in [1.82, 2.24) is 0 Å². The van der Waals surface area contributed by atoms with Gasteiger partial charge in [0, 0.05) is 37.0 Å². The number of carbonyl (C=O) groups excluding carboxylic acids is 1. The lowest BCUT2D eigenvalue weighted by atomic mass is 9.53. The minimum atomic E-state index is -1.33. The highest BCUT2D eigenvalue weighted by Crippen LogP contribution is 2.62. The Bertz CT molecular complexity index is 978. The number of nitrogens with one attached hydrogen (secondary N) is 1. The molecule has 7 heteroatoms. The highest BCUT2D eigenvalue weighted by Gasteiger charge is 2.71. The second kappa shape index (κ2) is 7.32. The van der Waals surface area contributed by atoms with Crippen molar-refractivity contribution in [3.8, 4) is 0 Å². The Balaban J connectivity index is 0.000000214. The maximum absolute atomic E-state index is 9.61. The van der Waals surface area contributed by atoms with Crippen LogP contribution in [0, 0.1) is 11.8 Å². The molecule has 4 fully saturated rings. The van der Waals surface area contributed by atoms with E-state index in [1.165, 1.54) is 38.9 Å². The van der Waals surface area contributed by atoms with Gasteiger partial charge in [0.1, 0.15) is 6.04 Å². The molecule has 1 aromatic rings. The molecule has 5 heterocycles. The highest BCUT2D eigenvalue weighted by atomic mass is 16.5. The number of anilines is 1. The molecule has 1 spiro atoms. The molecule has 1 unspecified atom stereocenters. The number of nitrogens with zero attached hydrogens (tertiary/aromatic N) is 1. The molecule has 1 aromatic carbocycles. The normalized spacial score (nSPS) is 39.2. The Morgan fingerprint density at radius 1 is 1.28 bits per heavy atom. The lowest BCUT2D eigenvalue weighted by Crippen LogP contribution is -3.16. The summed E-state index contributed by atoms with van der Waals surface area (Å²) >= 11 is 0. The summed E-state index contributed by atoms with van der Waals surface area (Å²) in [6.45, 7) is 4.70. The molecule has 6 aliphatic rings. The SMILES string of the molecule is C1=C2C[NH+]3CC[C@]45c6ccccc6N6CC[C@H](OC1)[C@@H]([C@H]64)[C@H]2C[C@H]35.O=C([O-])CCC(=O)O. The van der Waals surface area contributed by atoms with Crippen molar-refractivity contribution in [1.29, 1.82) is 0 Å². The molecule has 3 saturated heterocycles. The Kier molecular flexibility index (Phi) is 4.63. The smallest absolute Gasteiger partial charge is 0.303 e. The molecule has 7 atom stereocenters. The van der Waals surface area contributed by atoms with Gasteiger partial charge in [-0.05, 0) is 36.0 Å². The van der Waals surface area contributed by atoms with Crippen LogP contribution in [0.5, 0.6) is 0 Å². The molecule has 2 N–H and O–H groups in total. The molecular formula is C25H30N2O5. The third-order valence-electron chi connectivity index (χ3n) is 9.06. The zero-order chi connectivity index (χ0) is 22.0. The molecule has 7 rings (SSSR count). The third kappa shape index (κ3) is 2.73. The van der Waals surface area contributed by atoms with Gasteiger partial charge in [-0.25, -0.2) is 0 Å². The fraction of sp³-hybridized carbons (Fsp3) is 0.600. The van der Waals surface area contributed by atoms with Crippen LogP contribution in [0.4, 0.5) is 5.69 Å². The van der Waals surface area contributed by atoms with E-state index >= 15 is 0 Å². The minimum absolute atomic E-state index is 0.359. The highest BCUT2D eigenvalue weighted by molar-refractivity contribution is 5.74. The molecule has 0 aromatic heterocycles. The summed E-state index contributed by atoms with van der Waals surface area (Å²) in [6, 6.07) is 10.9. The molecule has 0 amide bonds. The molecule has 5 aliphatic heterocycles. The summed E-state index contributed by atoms with van der Waals surface area (Å²) < 4.78 is 6.41. The van der Waals surface area contributed by atoms with E-state index in [-0.39, 0.29) is 6.42 Å². The molecule has 1 saturated carbocycles. The minimum Gasteiger partial charge on any atom is -0.550 e. The van der Waals surface area contributed by atoms with Crippen LogP contribution in [0.25, 0.3) is 0 Å². The first kappa shape index (κ1) is 20.2. The van der Waals surface area contributed by atoms with Gasteiger partial charge < -0.3 is 29.5 Å². The number of ether oxygens (including phenoxy) is 1. The number of benzene rings is 1. The van der Waals surface area contributed by atoms with Gasteiger partial charge in [-0.3, -0.25) is 4.79 Å². The molecular weight excluding hydrogens is 408 g/mol. The summed E-state index contributed by atoms with van der Waals surface area (Å²) in [5.41, 5.74) is 5.39. The van der Waals surface area contributed by atoms with Gasteiger partial charge in [0.15, 0.2) is 0 Å².